The predicted molar refractivity (Wildman–Crippen MR) is 58.2 cm³/mol. The highest BCUT2D eigenvalue weighted by molar-refractivity contribution is 7.07. The molecule has 16 heavy (non-hydrogen) atoms. The maximum Gasteiger partial charge on any atom is 0.166 e. The Balaban J connectivity index is 2.17. The van der Waals surface area contributed by atoms with E-state index in [4.69, 9.17) is 4.74 Å². The zero-order valence-corrected chi connectivity index (χ0v) is 9.04. The number of ether oxygens (including phenoxy) is 1. The summed E-state index contributed by atoms with van der Waals surface area (Å²) in [4.78, 5) is 14.7. The van der Waals surface area contributed by atoms with E-state index >= 15 is 0 Å². The van der Waals surface area contributed by atoms with Gasteiger partial charge in [-0.2, -0.15) is 0 Å². The zero-order chi connectivity index (χ0) is 11.4. The van der Waals surface area contributed by atoms with Gasteiger partial charge in [-0.1, -0.05) is 6.07 Å². The summed E-state index contributed by atoms with van der Waals surface area (Å²) in [6, 6.07) is 4.23. The van der Waals surface area contributed by atoms with E-state index in [1.807, 2.05) is 0 Å². The first-order valence-electron chi connectivity index (χ1n) is 4.55. The lowest BCUT2D eigenvalue weighted by molar-refractivity contribution is 0.111. The monoisotopic (exact) mass is 237 g/mol. The van der Waals surface area contributed by atoms with Crippen LogP contribution in [0.15, 0.2) is 29.1 Å². The van der Waals surface area contributed by atoms with E-state index < -0.39 is 5.82 Å². The molecule has 1 aromatic heterocycles. The van der Waals surface area contributed by atoms with Crippen LogP contribution in [0, 0.1) is 5.82 Å². The molecule has 0 unspecified atom stereocenters. The zero-order valence-electron chi connectivity index (χ0n) is 8.22. The fraction of sp³-hybridized carbons (Fsp3) is 0.0909. The lowest BCUT2D eigenvalue weighted by atomic mass is 10.2. The number of halogens is 1. The largest absolute Gasteiger partial charge is 0.483 e. The van der Waals surface area contributed by atoms with Crippen LogP contribution in [-0.2, 0) is 6.61 Å². The summed E-state index contributed by atoms with van der Waals surface area (Å²) < 4.78 is 18.6. The number of thiazole rings is 1. The Hall–Kier alpha value is -1.75. The van der Waals surface area contributed by atoms with Crippen LogP contribution < -0.4 is 4.74 Å². The number of hydrogen-bond acceptors (Lipinski definition) is 4. The van der Waals surface area contributed by atoms with Crippen LogP contribution >= 0.6 is 11.3 Å². The number of aldehydes is 1. The Morgan fingerprint density at radius 2 is 2.38 bits per heavy atom. The van der Waals surface area contributed by atoms with Crippen LogP contribution in [0.25, 0.3) is 0 Å². The molecular formula is C11H8FNO2S. The average molecular weight is 237 g/mol. The molecule has 0 aliphatic carbocycles. The second-order valence-corrected chi connectivity index (χ2v) is 3.76. The van der Waals surface area contributed by atoms with Crippen molar-refractivity contribution in [1.82, 2.24) is 4.98 Å². The van der Waals surface area contributed by atoms with Gasteiger partial charge in [-0.3, -0.25) is 4.79 Å². The fourth-order valence-corrected chi connectivity index (χ4v) is 1.77. The van der Waals surface area contributed by atoms with Crippen LogP contribution in [0.2, 0.25) is 0 Å². The first-order valence-corrected chi connectivity index (χ1v) is 5.49. The second kappa shape index (κ2) is 4.85. The summed E-state index contributed by atoms with van der Waals surface area (Å²) in [5.74, 6) is -0.565. The molecule has 1 aromatic carbocycles. The van der Waals surface area contributed by atoms with Gasteiger partial charge in [0.2, 0.25) is 0 Å². The standard InChI is InChI=1S/C11H8FNO2S/c12-10-3-1-2-8(4-14)11(10)15-5-9-6-16-7-13-9/h1-4,6-7H,5H2. The van der Waals surface area contributed by atoms with E-state index in [9.17, 15) is 9.18 Å². The van der Waals surface area contributed by atoms with Crippen LogP contribution in [0.5, 0.6) is 5.75 Å². The number of aromatic nitrogens is 1. The number of carbonyl (C=O) groups excluding carboxylic acids is 1. The molecule has 2 rings (SSSR count). The summed E-state index contributed by atoms with van der Waals surface area (Å²) in [7, 11) is 0. The van der Waals surface area contributed by atoms with Gasteiger partial charge in [-0.05, 0) is 12.1 Å². The maximum atomic E-state index is 13.4. The van der Waals surface area contributed by atoms with Gasteiger partial charge < -0.3 is 4.74 Å². The molecule has 0 saturated heterocycles. The third kappa shape index (κ3) is 2.25. The van der Waals surface area contributed by atoms with Crippen LogP contribution in [0.1, 0.15) is 16.1 Å². The van der Waals surface area contributed by atoms with Gasteiger partial charge in [0.05, 0.1) is 16.8 Å². The maximum absolute atomic E-state index is 13.4. The Kier molecular flexibility index (Phi) is 3.26. The molecule has 0 N–H and O–H groups in total. The molecule has 0 saturated carbocycles. The van der Waals surface area contributed by atoms with E-state index in [0.717, 1.165) is 0 Å². The van der Waals surface area contributed by atoms with Gasteiger partial charge >= 0.3 is 0 Å². The smallest absolute Gasteiger partial charge is 0.166 e. The van der Waals surface area contributed by atoms with E-state index in [0.29, 0.717) is 12.0 Å². The topological polar surface area (TPSA) is 39.2 Å². The third-order valence-electron chi connectivity index (χ3n) is 1.97. The number of rotatable bonds is 4. The predicted octanol–water partition coefficient (Wildman–Crippen LogP) is 2.67. The van der Waals surface area contributed by atoms with Crippen molar-refractivity contribution in [2.45, 2.75) is 6.61 Å². The normalized spacial score (nSPS) is 10.1. The summed E-state index contributed by atoms with van der Waals surface area (Å²) in [5.41, 5.74) is 2.58. The molecular weight excluding hydrogens is 229 g/mol. The first kappa shape index (κ1) is 10.8. The van der Waals surface area contributed by atoms with Crippen molar-refractivity contribution >= 4 is 17.6 Å². The average Bonchev–Trinajstić information content (AvgIpc) is 2.80. The highest BCUT2D eigenvalue weighted by atomic mass is 32.1. The van der Waals surface area contributed by atoms with Crippen molar-refractivity contribution in [2.75, 3.05) is 0 Å². The SMILES string of the molecule is O=Cc1cccc(F)c1OCc1cscn1. The Morgan fingerprint density at radius 1 is 1.50 bits per heavy atom. The Labute approximate surface area is 95.5 Å². The lowest BCUT2D eigenvalue weighted by Gasteiger charge is -2.07. The summed E-state index contributed by atoms with van der Waals surface area (Å²) in [5, 5.41) is 1.81. The number of carbonyl (C=O) groups is 1. The fourth-order valence-electron chi connectivity index (χ4n) is 1.23. The van der Waals surface area contributed by atoms with Crippen molar-refractivity contribution in [1.29, 1.82) is 0 Å². The molecule has 82 valence electrons. The van der Waals surface area contributed by atoms with Crippen molar-refractivity contribution in [2.24, 2.45) is 0 Å². The third-order valence-corrected chi connectivity index (χ3v) is 2.61. The molecule has 0 amide bonds. The number of para-hydroxylation sites is 1. The molecule has 2 aromatic rings. The number of nitrogens with zero attached hydrogens (tertiary/aromatic N) is 1. The summed E-state index contributed by atoms with van der Waals surface area (Å²) in [6.07, 6.45) is 0.569. The molecule has 0 fully saturated rings. The van der Waals surface area contributed by atoms with Crippen molar-refractivity contribution in [3.8, 4) is 5.75 Å². The van der Waals surface area contributed by atoms with Gasteiger partial charge in [-0.15, -0.1) is 11.3 Å². The van der Waals surface area contributed by atoms with E-state index in [1.54, 1.807) is 10.9 Å². The molecule has 3 nitrogen and oxygen atoms in total. The van der Waals surface area contributed by atoms with E-state index in [1.165, 1.54) is 29.5 Å². The quantitative estimate of drug-likeness (QED) is 0.767. The first-order chi connectivity index (χ1) is 7.81. The van der Waals surface area contributed by atoms with Crippen LogP contribution in [0.4, 0.5) is 4.39 Å². The van der Waals surface area contributed by atoms with Gasteiger partial charge in [-0.25, -0.2) is 9.37 Å². The van der Waals surface area contributed by atoms with Crippen molar-refractivity contribution < 1.29 is 13.9 Å². The minimum absolute atomic E-state index is 0.0227. The van der Waals surface area contributed by atoms with Crippen LogP contribution in [0.3, 0.4) is 0 Å². The second-order valence-electron chi connectivity index (χ2n) is 3.04. The highest BCUT2D eigenvalue weighted by Crippen LogP contribution is 2.22. The van der Waals surface area contributed by atoms with E-state index in [2.05, 4.69) is 4.98 Å². The minimum atomic E-state index is -0.542. The van der Waals surface area contributed by atoms with Gasteiger partial charge in [0, 0.05) is 5.38 Å². The molecule has 0 bridgehead atoms. The minimum Gasteiger partial charge on any atom is -0.483 e. The van der Waals surface area contributed by atoms with Crippen molar-refractivity contribution in [3.05, 3.63) is 46.2 Å². The molecule has 0 aliphatic heterocycles. The Bertz CT molecular complexity index is 485. The molecule has 1 heterocycles. The van der Waals surface area contributed by atoms with Gasteiger partial charge in [0.25, 0.3) is 0 Å². The van der Waals surface area contributed by atoms with Crippen LogP contribution in [-0.4, -0.2) is 11.3 Å². The molecule has 0 spiro atoms. The molecule has 0 radical (unpaired) electrons. The summed E-state index contributed by atoms with van der Waals surface area (Å²) >= 11 is 1.43. The van der Waals surface area contributed by atoms with Crippen molar-refractivity contribution in [3.63, 3.8) is 0 Å². The Morgan fingerprint density at radius 3 is 3.06 bits per heavy atom. The molecule has 0 atom stereocenters. The molecule has 5 heteroatoms. The van der Waals surface area contributed by atoms with Gasteiger partial charge in [0.15, 0.2) is 17.9 Å². The lowest BCUT2D eigenvalue weighted by Crippen LogP contribution is -2.00. The summed E-state index contributed by atoms with van der Waals surface area (Å²) in [6.45, 7) is 0.158. The number of benzene rings is 1. The highest BCUT2D eigenvalue weighted by Gasteiger charge is 2.09. The number of hydrogen-bond donors (Lipinski definition) is 0. The van der Waals surface area contributed by atoms with Gasteiger partial charge in [0.1, 0.15) is 6.61 Å². The van der Waals surface area contributed by atoms with E-state index in [-0.39, 0.29) is 17.9 Å². The molecule has 0 aliphatic rings.